The van der Waals surface area contributed by atoms with Gasteiger partial charge >= 0.3 is 0 Å². The van der Waals surface area contributed by atoms with Gasteiger partial charge in [-0.25, -0.2) is 0 Å². The minimum Gasteiger partial charge on any atom is -0.492 e. The average molecular weight is 205 g/mol. The van der Waals surface area contributed by atoms with Crippen molar-refractivity contribution in [1.82, 2.24) is 5.43 Å². The monoisotopic (exact) mass is 205 g/mol. The highest BCUT2D eigenvalue weighted by molar-refractivity contribution is 5.59. The van der Waals surface area contributed by atoms with E-state index in [0.29, 0.717) is 12.4 Å². The van der Waals surface area contributed by atoms with Gasteiger partial charge < -0.3 is 10.5 Å². The summed E-state index contributed by atoms with van der Waals surface area (Å²) in [5.41, 5.74) is 9.73. The Morgan fingerprint density at radius 3 is 2.93 bits per heavy atom. The van der Waals surface area contributed by atoms with E-state index >= 15 is 0 Å². The third-order valence-corrected chi connectivity index (χ3v) is 2.21. The van der Waals surface area contributed by atoms with E-state index in [1.165, 1.54) is 0 Å². The number of benzene rings is 1. The Bertz CT molecular complexity index is 376. The topological polar surface area (TPSA) is 50.5 Å². The van der Waals surface area contributed by atoms with Crippen molar-refractivity contribution in [1.29, 1.82) is 0 Å². The highest BCUT2D eigenvalue weighted by atomic mass is 16.5. The van der Waals surface area contributed by atoms with Gasteiger partial charge in [-0.1, -0.05) is 12.1 Å². The van der Waals surface area contributed by atoms with Crippen molar-refractivity contribution in [2.45, 2.75) is 6.92 Å². The molecule has 2 rings (SSSR count). The summed E-state index contributed by atoms with van der Waals surface area (Å²) in [5.74, 6) is 1.55. The lowest BCUT2D eigenvalue weighted by molar-refractivity contribution is 0.340. The first-order valence-corrected chi connectivity index (χ1v) is 5.03. The third kappa shape index (κ3) is 1.98. The first-order chi connectivity index (χ1) is 7.31. The standard InChI is InChI=1S/C11H15N3O/c1-2-15-10-6-4-3-5-9(10)14-8-7-11(12)13-14/h3-7,13H,2,8,12H2,1H3. The summed E-state index contributed by atoms with van der Waals surface area (Å²) in [6.07, 6.45) is 1.93. The summed E-state index contributed by atoms with van der Waals surface area (Å²) in [6.45, 7) is 3.39. The van der Waals surface area contributed by atoms with Gasteiger partial charge in [-0.05, 0) is 25.1 Å². The molecule has 0 fully saturated rings. The molecule has 0 amide bonds. The van der Waals surface area contributed by atoms with Crippen LogP contribution in [0.25, 0.3) is 0 Å². The molecule has 0 aromatic heterocycles. The average Bonchev–Trinajstić information content (AvgIpc) is 2.66. The lowest BCUT2D eigenvalue weighted by Gasteiger charge is -2.21. The molecule has 0 spiro atoms. The van der Waals surface area contributed by atoms with E-state index in [-0.39, 0.29) is 0 Å². The van der Waals surface area contributed by atoms with Crippen LogP contribution in [0.2, 0.25) is 0 Å². The molecular weight excluding hydrogens is 190 g/mol. The first kappa shape index (κ1) is 9.71. The minimum absolute atomic E-state index is 0.660. The zero-order chi connectivity index (χ0) is 10.7. The van der Waals surface area contributed by atoms with Crippen molar-refractivity contribution in [3.63, 3.8) is 0 Å². The van der Waals surface area contributed by atoms with Gasteiger partial charge in [0.15, 0.2) is 0 Å². The van der Waals surface area contributed by atoms with Crippen LogP contribution < -0.4 is 20.9 Å². The summed E-state index contributed by atoms with van der Waals surface area (Å²) in [6, 6.07) is 7.90. The van der Waals surface area contributed by atoms with Gasteiger partial charge in [0.1, 0.15) is 11.6 Å². The van der Waals surface area contributed by atoms with Crippen molar-refractivity contribution in [3.8, 4) is 5.75 Å². The zero-order valence-electron chi connectivity index (χ0n) is 8.73. The van der Waals surface area contributed by atoms with Crippen molar-refractivity contribution < 1.29 is 4.74 Å². The molecule has 1 aromatic rings. The van der Waals surface area contributed by atoms with Gasteiger partial charge in [-0.2, -0.15) is 0 Å². The van der Waals surface area contributed by atoms with Crippen LogP contribution in [0.3, 0.4) is 0 Å². The SMILES string of the molecule is CCOc1ccccc1N1CC=C(N)N1. The number of rotatable bonds is 3. The Hall–Kier alpha value is -1.84. The molecule has 0 aliphatic carbocycles. The second-order valence-corrected chi connectivity index (χ2v) is 3.28. The summed E-state index contributed by atoms with van der Waals surface area (Å²) >= 11 is 0. The van der Waals surface area contributed by atoms with E-state index in [1.54, 1.807) is 0 Å². The molecule has 3 N–H and O–H groups in total. The van der Waals surface area contributed by atoms with Gasteiger partial charge in [0, 0.05) is 0 Å². The van der Waals surface area contributed by atoms with Crippen LogP contribution >= 0.6 is 0 Å². The van der Waals surface area contributed by atoms with E-state index in [9.17, 15) is 0 Å². The molecule has 1 aromatic carbocycles. The molecule has 0 bridgehead atoms. The number of hydrazine groups is 1. The predicted molar refractivity (Wildman–Crippen MR) is 60.4 cm³/mol. The zero-order valence-corrected chi connectivity index (χ0v) is 8.73. The Morgan fingerprint density at radius 1 is 1.47 bits per heavy atom. The largest absolute Gasteiger partial charge is 0.492 e. The minimum atomic E-state index is 0.660. The molecule has 0 saturated carbocycles. The second kappa shape index (κ2) is 4.13. The fourth-order valence-electron chi connectivity index (χ4n) is 1.55. The van der Waals surface area contributed by atoms with E-state index in [4.69, 9.17) is 10.5 Å². The Balaban J connectivity index is 2.20. The summed E-state index contributed by atoms with van der Waals surface area (Å²) in [5, 5.41) is 1.96. The molecule has 4 nitrogen and oxygen atoms in total. The summed E-state index contributed by atoms with van der Waals surface area (Å²) < 4.78 is 5.54. The van der Waals surface area contributed by atoms with E-state index in [0.717, 1.165) is 18.0 Å². The number of ether oxygens (including phenoxy) is 1. The van der Waals surface area contributed by atoms with E-state index < -0.39 is 0 Å². The maximum Gasteiger partial charge on any atom is 0.144 e. The van der Waals surface area contributed by atoms with Crippen LogP contribution in [-0.2, 0) is 0 Å². The molecule has 0 atom stereocenters. The van der Waals surface area contributed by atoms with Gasteiger partial charge in [-0.15, -0.1) is 0 Å². The van der Waals surface area contributed by atoms with Gasteiger partial charge in [-0.3, -0.25) is 10.4 Å². The Morgan fingerprint density at radius 2 is 2.27 bits per heavy atom. The molecule has 1 heterocycles. The Kier molecular flexibility index (Phi) is 2.67. The molecular formula is C11H15N3O. The maximum atomic E-state index is 5.65. The number of nitrogens with zero attached hydrogens (tertiary/aromatic N) is 1. The maximum absolute atomic E-state index is 5.65. The molecule has 0 unspecified atom stereocenters. The highest BCUT2D eigenvalue weighted by Gasteiger charge is 2.15. The number of nitrogens with one attached hydrogen (secondary N) is 1. The van der Waals surface area contributed by atoms with Crippen molar-refractivity contribution in [2.24, 2.45) is 5.73 Å². The normalized spacial score (nSPS) is 14.7. The Labute approximate surface area is 89.3 Å². The van der Waals surface area contributed by atoms with Crippen LogP contribution in [0.5, 0.6) is 5.75 Å². The van der Waals surface area contributed by atoms with Crippen molar-refractivity contribution >= 4 is 5.69 Å². The highest BCUT2D eigenvalue weighted by Crippen LogP contribution is 2.27. The molecule has 80 valence electrons. The van der Waals surface area contributed by atoms with Gasteiger partial charge in [0.2, 0.25) is 0 Å². The first-order valence-electron chi connectivity index (χ1n) is 5.03. The predicted octanol–water partition coefficient (Wildman–Crippen LogP) is 1.21. The number of anilines is 1. The van der Waals surface area contributed by atoms with Gasteiger partial charge in [0.05, 0.1) is 18.8 Å². The fraction of sp³-hybridized carbons (Fsp3) is 0.273. The van der Waals surface area contributed by atoms with E-state index in [1.807, 2.05) is 42.3 Å². The summed E-state index contributed by atoms with van der Waals surface area (Å²) in [7, 11) is 0. The lowest BCUT2D eigenvalue weighted by atomic mass is 10.3. The second-order valence-electron chi connectivity index (χ2n) is 3.28. The van der Waals surface area contributed by atoms with Gasteiger partial charge in [0.25, 0.3) is 0 Å². The molecule has 1 aliphatic heterocycles. The van der Waals surface area contributed by atoms with Crippen LogP contribution in [0.4, 0.5) is 5.69 Å². The van der Waals surface area contributed by atoms with Crippen LogP contribution in [0, 0.1) is 0 Å². The van der Waals surface area contributed by atoms with Crippen LogP contribution in [0.15, 0.2) is 36.2 Å². The molecule has 0 radical (unpaired) electrons. The molecule has 4 heteroatoms. The lowest BCUT2D eigenvalue weighted by Crippen LogP contribution is -2.34. The van der Waals surface area contributed by atoms with Crippen molar-refractivity contribution in [3.05, 3.63) is 36.2 Å². The molecule has 1 aliphatic rings. The smallest absolute Gasteiger partial charge is 0.144 e. The number of nitrogens with two attached hydrogens (primary N) is 1. The molecule has 0 saturated heterocycles. The fourth-order valence-corrected chi connectivity index (χ4v) is 1.55. The quantitative estimate of drug-likeness (QED) is 0.778. The van der Waals surface area contributed by atoms with Crippen molar-refractivity contribution in [2.75, 3.05) is 18.2 Å². The number of hydrogen-bond acceptors (Lipinski definition) is 4. The number of para-hydroxylation sites is 2. The van der Waals surface area contributed by atoms with Crippen LogP contribution in [-0.4, -0.2) is 13.2 Å². The summed E-state index contributed by atoms with van der Waals surface area (Å²) in [4.78, 5) is 0. The van der Waals surface area contributed by atoms with E-state index in [2.05, 4.69) is 5.43 Å². The third-order valence-electron chi connectivity index (χ3n) is 2.21. The molecule has 15 heavy (non-hydrogen) atoms. The number of hydrogen-bond donors (Lipinski definition) is 2. The van der Waals surface area contributed by atoms with Crippen LogP contribution in [0.1, 0.15) is 6.92 Å².